The maximum absolute atomic E-state index is 13.1. The average Bonchev–Trinajstić information content (AvgIpc) is 2.76. The number of halogens is 2. The van der Waals surface area contributed by atoms with Gasteiger partial charge in [-0.25, -0.2) is 9.18 Å². The monoisotopic (exact) mass is 287 g/mol. The van der Waals surface area contributed by atoms with Crippen LogP contribution in [0.5, 0.6) is 5.75 Å². The summed E-state index contributed by atoms with van der Waals surface area (Å²) < 4.78 is 17.7. The molecule has 1 unspecified atom stereocenters. The van der Waals surface area contributed by atoms with Crippen molar-refractivity contribution in [3.05, 3.63) is 28.5 Å². The Morgan fingerprint density at radius 3 is 2.95 bits per heavy atom. The minimum absolute atomic E-state index is 0.0757. The standard InChI is InChI=1S/C12H11ClFNO4/c1-12(11(17)18-2)5-9(15-19-12)6-3-10(16)8(14)4-7(6)13/h3-4,16H,5H2,1-2H3. The first-order valence-electron chi connectivity index (χ1n) is 5.39. The fraction of sp³-hybridized carbons (Fsp3) is 0.333. The fourth-order valence-corrected chi connectivity index (χ4v) is 2.03. The van der Waals surface area contributed by atoms with Gasteiger partial charge in [-0.05, 0) is 19.1 Å². The molecular formula is C12H11ClFNO4. The molecule has 1 aromatic rings. The molecule has 19 heavy (non-hydrogen) atoms. The number of hydrogen-bond donors (Lipinski definition) is 1. The number of esters is 1. The van der Waals surface area contributed by atoms with Crippen LogP contribution < -0.4 is 0 Å². The third-order valence-electron chi connectivity index (χ3n) is 2.83. The van der Waals surface area contributed by atoms with E-state index in [1.54, 1.807) is 0 Å². The molecule has 1 heterocycles. The Hall–Kier alpha value is -1.82. The van der Waals surface area contributed by atoms with Gasteiger partial charge < -0.3 is 14.7 Å². The lowest BCUT2D eigenvalue weighted by Crippen LogP contribution is -2.36. The molecule has 0 aliphatic carbocycles. The van der Waals surface area contributed by atoms with Gasteiger partial charge in [0.05, 0.1) is 17.8 Å². The van der Waals surface area contributed by atoms with E-state index in [1.807, 2.05) is 0 Å². The summed E-state index contributed by atoms with van der Waals surface area (Å²) in [6.45, 7) is 1.52. The molecule has 2 rings (SSSR count). The molecule has 102 valence electrons. The smallest absolute Gasteiger partial charge is 0.353 e. The fourth-order valence-electron chi connectivity index (χ4n) is 1.77. The topological polar surface area (TPSA) is 68.1 Å². The number of carbonyl (C=O) groups is 1. The van der Waals surface area contributed by atoms with Crippen LogP contribution >= 0.6 is 11.6 Å². The van der Waals surface area contributed by atoms with E-state index in [2.05, 4.69) is 9.89 Å². The lowest BCUT2D eigenvalue weighted by Gasteiger charge is -2.17. The third-order valence-corrected chi connectivity index (χ3v) is 3.14. The Balaban J connectivity index is 2.31. The van der Waals surface area contributed by atoms with E-state index in [4.69, 9.17) is 16.4 Å². The van der Waals surface area contributed by atoms with Crippen LogP contribution in [0, 0.1) is 5.82 Å². The minimum Gasteiger partial charge on any atom is -0.505 e. The number of nitrogens with zero attached hydrogens (tertiary/aromatic N) is 1. The van der Waals surface area contributed by atoms with Gasteiger partial charge in [-0.2, -0.15) is 0 Å². The minimum atomic E-state index is -1.24. The van der Waals surface area contributed by atoms with Gasteiger partial charge >= 0.3 is 5.97 Å². The summed E-state index contributed by atoms with van der Waals surface area (Å²) in [5.41, 5.74) is -0.585. The predicted octanol–water partition coefficient (Wildman–Crippen LogP) is 2.24. The van der Waals surface area contributed by atoms with Gasteiger partial charge in [0.1, 0.15) is 0 Å². The van der Waals surface area contributed by atoms with E-state index in [1.165, 1.54) is 14.0 Å². The summed E-state index contributed by atoms with van der Waals surface area (Å²) >= 11 is 5.88. The zero-order valence-electron chi connectivity index (χ0n) is 10.2. The average molecular weight is 288 g/mol. The molecule has 0 radical (unpaired) electrons. The zero-order valence-corrected chi connectivity index (χ0v) is 11.0. The van der Waals surface area contributed by atoms with Crippen molar-refractivity contribution < 1.29 is 23.9 Å². The first-order valence-corrected chi connectivity index (χ1v) is 5.77. The number of methoxy groups -OCH3 is 1. The van der Waals surface area contributed by atoms with Crippen molar-refractivity contribution in [2.75, 3.05) is 7.11 Å². The molecule has 5 nitrogen and oxygen atoms in total. The van der Waals surface area contributed by atoms with Crippen LogP contribution in [-0.4, -0.2) is 29.5 Å². The Morgan fingerprint density at radius 2 is 2.32 bits per heavy atom. The van der Waals surface area contributed by atoms with Crippen molar-refractivity contribution in [3.8, 4) is 5.75 Å². The second-order valence-electron chi connectivity index (χ2n) is 4.31. The molecule has 0 bridgehead atoms. The normalized spacial score (nSPS) is 21.8. The van der Waals surface area contributed by atoms with E-state index in [-0.39, 0.29) is 11.4 Å². The zero-order chi connectivity index (χ0) is 14.2. The van der Waals surface area contributed by atoms with Gasteiger partial charge in [0.2, 0.25) is 5.60 Å². The van der Waals surface area contributed by atoms with E-state index < -0.39 is 23.1 Å². The molecule has 1 aliphatic rings. The summed E-state index contributed by atoms with van der Waals surface area (Å²) in [4.78, 5) is 16.6. The molecule has 1 N–H and O–H groups in total. The van der Waals surface area contributed by atoms with Crippen LogP contribution in [0.3, 0.4) is 0 Å². The number of aromatic hydroxyl groups is 1. The van der Waals surface area contributed by atoms with Crippen LogP contribution in [0.25, 0.3) is 0 Å². The maximum Gasteiger partial charge on any atom is 0.353 e. The quantitative estimate of drug-likeness (QED) is 0.847. The Morgan fingerprint density at radius 1 is 1.63 bits per heavy atom. The lowest BCUT2D eigenvalue weighted by molar-refractivity contribution is -0.164. The number of hydrogen-bond acceptors (Lipinski definition) is 5. The molecule has 0 aromatic heterocycles. The molecule has 0 saturated heterocycles. The molecule has 0 saturated carbocycles. The van der Waals surface area contributed by atoms with Gasteiger partial charge in [0, 0.05) is 12.0 Å². The highest BCUT2D eigenvalue weighted by Crippen LogP contribution is 2.32. The van der Waals surface area contributed by atoms with E-state index in [0.29, 0.717) is 11.3 Å². The van der Waals surface area contributed by atoms with Gasteiger partial charge in [0.15, 0.2) is 11.6 Å². The van der Waals surface area contributed by atoms with Crippen LogP contribution in [0.15, 0.2) is 17.3 Å². The van der Waals surface area contributed by atoms with Crippen LogP contribution in [0.1, 0.15) is 18.9 Å². The molecule has 1 aliphatic heterocycles. The second-order valence-corrected chi connectivity index (χ2v) is 4.72. The Labute approximate surface area is 113 Å². The maximum atomic E-state index is 13.1. The van der Waals surface area contributed by atoms with Gasteiger partial charge in [-0.15, -0.1) is 0 Å². The molecule has 7 heteroatoms. The van der Waals surface area contributed by atoms with Crippen LogP contribution in [-0.2, 0) is 14.4 Å². The van der Waals surface area contributed by atoms with Crippen molar-refractivity contribution in [3.63, 3.8) is 0 Å². The largest absolute Gasteiger partial charge is 0.505 e. The highest BCUT2D eigenvalue weighted by molar-refractivity contribution is 6.34. The second kappa shape index (κ2) is 4.70. The van der Waals surface area contributed by atoms with Crippen molar-refractivity contribution in [2.24, 2.45) is 5.16 Å². The number of benzene rings is 1. The van der Waals surface area contributed by atoms with Crippen molar-refractivity contribution in [1.82, 2.24) is 0 Å². The molecule has 1 aromatic carbocycles. The molecule has 1 atom stereocenters. The number of phenolic OH excluding ortho intramolecular Hbond substituents is 1. The molecule has 0 amide bonds. The SMILES string of the molecule is COC(=O)C1(C)CC(c2cc(O)c(F)cc2Cl)=NO1. The summed E-state index contributed by atoms with van der Waals surface area (Å²) in [6, 6.07) is 2.12. The summed E-state index contributed by atoms with van der Waals surface area (Å²) in [7, 11) is 1.24. The van der Waals surface area contributed by atoms with E-state index in [9.17, 15) is 14.3 Å². The third kappa shape index (κ3) is 2.35. The Bertz CT molecular complexity index is 575. The lowest BCUT2D eigenvalue weighted by atomic mass is 9.96. The number of carbonyl (C=O) groups excluding carboxylic acids is 1. The van der Waals surface area contributed by atoms with Crippen LogP contribution in [0.2, 0.25) is 5.02 Å². The van der Waals surface area contributed by atoms with Gasteiger partial charge in [-0.1, -0.05) is 16.8 Å². The summed E-state index contributed by atoms with van der Waals surface area (Å²) in [6.07, 6.45) is 0.116. The van der Waals surface area contributed by atoms with Crippen molar-refractivity contribution in [1.29, 1.82) is 0 Å². The molecule has 0 fully saturated rings. The first-order chi connectivity index (χ1) is 8.87. The summed E-state index contributed by atoms with van der Waals surface area (Å²) in [5.74, 6) is -1.95. The number of oxime groups is 1. The van der Waals surface area contributed by atoms with Crippen molar-refractivity contribution in [2.45, 2.75) is 18.9 Å². The molecular weight excluding hydrogens is 277 g/mol. The Kier molecular flexibility index (Phi) is 3.36. The van der Waals surface area contributed by atoms with Gasteiger partial charge in [-0.3, -0.25) is 0 Å². The first kappa shape index (κ1) is 13.6. The number of ether oxygens (including phenoxy) is 1. The van der Waals surface area contributed by atoms with Crippen molar-refractivity contribution >= 4 is 23.3 Å². The highest BCUT2D eigenvalue weighted by Gasteiger charge is 2.43. The highest BCUT2D eigenvalue weighted by atomic mass is 35.5. The van der Waals surface area contributed by atoms with Gasteiger partial charge in [0.25, 0.3) is 0 Å². The molecule has 0 spiro atoms. The number of phenols is 1. The summed E-state index contributed by atoms with van der Waals surface area (Å²) in [5, 5.41) is 13.2. The van der Waals surface area contributed by atoms with E-state index in [0.717, 1.165) is 12.1 Å². The predicted molar refractivity (Wildman–Crippen MR) is 65.7 cm³/mol. The van der Waals surface area contributed by atoms with Crippen LogP contribution in [0.4, 0.5) is 4.39 Å². The number of rotatable bonds is 2. The van der Waals surface area contributed by atoms with E-state index >= 15 is 0 Å².